The highest BCUT2D eigenvalue weighted by Crippen LogP contribution is 2.17. The number of hydrogen-bond donors (Lipinski definition) is 4. The normalized spacial score (nSPS) is 30.6. The summed E-state index contributed by atoms with van der Waals surface area (Å²) >= 11 is 0. The molecule has 0 spiro atoms. The zero-order valence-electron chi connectivity index (χ0n) is 8.71. The van der Waals surface area contributed by atoms with E-state index in [0.717, 1.165) is 0 Å². The van der Waals surface area contributed by atoms with Gasteiger partial charge in [0.15, 0.2) is 0 Å². The molecule has 0 aromatic rings. The van der Waals surface area contributed by atoms with E-state index in [-0.39, 0.29) is 17.5 Å². The van der Waals surface area contributed by atoms with Gasteiger partial charge in [0.1, 0.15) is 5.70 Å². The van der Waals surface area contributed by atoms with E-state index < -0.39 is 0 Å². The third kappa shape index (κ3) is 2.52. The van der Waals surface area contributed by atoms with E-state index in [0.29, 0.717) is 17.9 Å². The van der Waals surface area contributed by atoms with Crippen molar-refractivity contribution in [3.05, 3.63) is 36.1 Å². The number of hydrogen-bond acceptors (Lipinski definition) is 4. The maximum absolute atomic E-state index is 11.5. The predicted molar refractivity (Wildman–Crippen MR) is 58.7 cm³/mol. The molecule has 6 N–H and O–H groups in total. The number of nitrogens with one attached hydrogen (secondary N) is 2. The van der Waals surface area contributed by atoms with Crippen molar-refractivity contribution in [2.45, 2.75) is 13.3 Å². The van der Waals surface area contributed by atoms with E-state index in [1.54, 1.807) is 6.08 Å². The van der Waals surface area contributed by atoms with Crippen LogP contribution in [0.1, 0.15) is 13.3 Å². The van der Waals surface area contributed by atoms with Crippen molar-refractivity contribution in [2.75, 3.05) is 0 Å². The van der Waals surface area contributed by atoms with Crippen LogP contribution in [0, 0.1) is 5.92 Å². The minimum Gasteiger partial charge on any atom is -0.393 e. The summed E-state index contributed by atoms with van der Waals surface area (Å²) < 4.78 is 0. The molecule has 5 nitrogen and oxygen atoms in total. The molecule has 0 bridgehead atoms. The van der Waals surface area contributed by atoms with Gasteiger partial charge in [-0.1, -0.05) is 13.5 Å². The molecule has 0 aromatic heterocycles. The first-order valence-corrected chi connectivity index (χ1v) is 4.70. The van der Waals surface area contributed by atoms with Gasteiger partial charge in [-0.3, -0.25) is 4.79 Å². The molecule has 0 saturated heterocycles. The first-order chi connectivity index (χ1) is 7.06. The summed E-state index contributed by atoms with van der Waals surface area (Å²) in [7, 11) is 0. The molecule has 0 fully saturated rings. The van der Waals surface area contributed by atoms with Gasteiger partial charge >= 0.3 is 0 Å². The lowest BCUT2D eigenvalue weighted by Crippen LogP contribution is -2.36. The highest BCUT2D eigenvalue weighted by Gasteiger charge is 2.19. The minimum atomic E-state index is -0.389. The fraction of sp³-hybridized carbons (Fsp3) is 0.300. The van der Waals surface area contributed by atoms with Crippen molar-refractivity contribution in [2.24, 2.45) is 17.4 Å². The van der Waals surface area contributed by atoms with E-state index in [2.05, 4.69) is 17.2 Å². The summed E-state index contributed by atoms with van der Waals surface area (Å²) in [6.45, 7) is 5.50. The van der Waals surface area contributed by atoms with Gasteiger partial charge in [0.05, 0.1) is 5.82 Å². The van der Waals surface area contributed by atoms with Crippen LogP contribution < -0.4 is 22.1 Å². The van der Waals surface area contributed by atoms with E-state index >= 15 is 0 Å². The fourth-order valence-corrected chi connectivity index (χ4v) is 1.39. The van der Waals surface area contributed by atoms with Gasteiger partial charge < -0.3 is 22.1 Å². The number of nitrogens with two attached hydrogens (primary N) is 2. The summed E-state index contributed by atoms with van der Waals surface area (Å²) in [5, 5.41) is 5.37. The lowest BCUT2D eigenvalue weighted by Gasteiger charge is -2.20. The first kappa shape index (κ1) is 11.2. The zero-order chi connectivity index (χ0) is 11.4. The topological polar surface area (TPSA) is 93.2 Å². The van der Waals surface area contributed by atoms with Gasteiger partial charge in [0.2, 0.25) is 0 Å². The lowest BCUT2D eigenvalue weighted by atomic mass is 10.0. The van der Waals surface area contributed by atoms with Crippen molar-refractivity contribution >= 4 is 5.91 Å². The lowest BCUT2D eigenvalue weighted by molar-refractivity contribution is -0.117. The third-order valence-corrected chi connectivity index (χ3v) is 2.23. The quantitative estimate of drug-likeness (QED) is 0.507. The van der Waals surface area contributed by atoms with E-state index in [1.807, 2.05) is 6.92 Å². The molecule has 0 aliphatic carbocycles. The van der Waals surface area contributed by atoms with E-state index in [9.17, 15) is 4.79 Å². The molecule has 1 amide bonds. The molecule has 0 saturated carbocycles. The maximum Gasteiger partial charge on any atom is 0.274 e. The fourth-order valence-electron chi connectivity index (χ4n) is 1.39. The number of carbonyl (C=O) groups is 1. The molecule has 82 valence electrons. The Balaban J connectivity index is 3.03. The summed E-state index contributed by atoms with van der Waals surface area (Å²) in [5.74, 6) is 0.0553. The molecule has 1 atom stereocenters. The molecule has 1 heterocycles. The van der Waals surface area contributed by atoms with Crippen LogP contribution in [-0.2, 0) is 4.79 Å². The highest BCUT2D eigenvalue weighted by molar-refractivity contribution is 5.94. The smallest absolute Gasteiger partial charge is 0.274 e. The third-order valence-electron chi connectivity index (χ3n) is 2.23. The molecule has 0 aromatic carbocycles. The number of allylic oxidation sites excluding steroid dienone is 2. The molecule has 0 radical (unpaired) electrons. The second-order valence-electron chi connectivity index (χ2n) is 3.43. The molecule has 15 heavy (non-hydrogen) atoms. The summed E-state index contributed by atoms with van der Waals surface area (Å²) in [5.41, 5.74) is 12.1. The van der Waals surface area contributed by atoms with Gasteiger partial charge in [-0.2, -0.15) is 0 Å². The Kier molecular flexibility index (Phi) is 3.38. The van der Waals surface area contributed by atoms with E-state index in [4.69, 9.17) is 11.5 Å². The Bertz CT molecular complexity index is 343. The standard InChI is InChI=1S/C10H16N4O/c1-3-13-9-6(2)4-5-7(11)14-10(15)8(9)12/h3,5-6,13H,1,4,11-12H2,2H3,(H,14,15)/b7-5+,9-8-. The first-order valence-electron chi connectivity index (χ1n) is 4.70. The van der Waals surface area contributed by atoms with Crippen molar-refractivity contribution in [3.8, 4) is 0 Å². The monoisotopic (exact) mass is 208 g/mol. The van der Waals surface area contributed by atoms with Crippen LogP contribution in [0.15, 0.2) is 36.1 Å². The molecule has 5 heteroatoms. The van der Waals surface area contributed by atoms with Crippen LogP contribution in [0.5, 0.6) is 0 Å². The Morgan fingerprint density at radius 2 is 2.33 bits per heavy atom. The van der Waals surface area contributed by atoms with Gasteiger partial charge in [-0.05, 0) is 18.7 Å². The van der Waals surface area contributed by atoms with Crippen molar-refractivity contribution < 1.29 is 4.79 Å². The molecule has 1 unspecified atom stereocenters. The van der Waals surface area contributed by atoms with Crippen LogP contribution in [0.3, 0.4) is 0 Å². The molecular formula is C10H16N4O. The van der Waals surface area contributed by atoms with E-state index in [1.165, 1.54) is 6.20 Å². The van der Waals surface area contributed by atoms with Crippen molar-refractivity contribution in [1.29, 1.82) is 0 Å². The Labute approximate surface area is 88.9 Å². The van der Waals surface area contributed by atoms with Crippen LogP contribution in [0.4, 0.5) is 0 Å². The number of rotatable bonds is 2. The predicted octanol–water partition coefficient (Wildman–Crippen LogP) is -0.154. The van der Waals surface area contributed by atoms with Crippen LogP contribution >= 0.6 is 0 Å². The second kappa shape index (κ2) is 4.54. The molecule has 1 rings (SSSR count). The van der Waals surface area contributed by atoms with Gasteiger partial charge in [-0.25, -0.2) is 0 Å². The average molecular weight is 208 g/mol. The molecular weight excluding hydrogens is 192 g/mol. The maximum atomic E-state index is 11.5. The minimum absolute atomic E-state index is 0.104. The molecule has 1 aliphatic rings. The highest BCUT2D eigenvalue weighted by atomic mass is 16.2. The Morgan fingerprint density at radius 3 is 2.93 bits per heavy atom. The SMILES string of the molecule is C=CN/C1=C(\N)C(=O)N/C(N)=C/CC1C. The number of amides is 1. The van der Waals surface area contributed by atoms with Crippen LogP contribution in [-0.4, -0.2) is 5.91 Å². The van der Waals surface area contributed by atoms with Crippen molar-refractivity contribution in [1.82, 2.24) is 10.6 Å². The zero-order valence-corrected chi connectivity index (χ0v) is 8.71. The summed E-state index contributed by atoms with van der Waals surface area (Å²) in [6, 6.07) is 0. The van der Waals surface area contributed by atoms with Crippen molar-refractivity contribution in [3.63, 3.8) is 0 Å². The average Bonchev–Trinajstić information content (AvgIpc) is 2.20. The van der Waals surface area contributed by atoms with Crippen LogP contribution in [0.2, 0.25) is 0 Å². The van der Waals surface area contributed by atoms with Gasteiger partial charge in [0.25, 0.3) is 5.91 Å². The van der Waals surface area contributed by atoms with Gasteiger partial charge in [-0.15, -0.1) is 0 Å². The Hall–Kier alpha value is -1.91. The second-order valence-corrected chi connectivity index (χ2v) is 3.43. The summed E-state index contributed by atoms with van der Waals surface area (Å²) in [6.07, 6.45) is 3.98. The largest absolute Gasteiger partial charge is 0.393 e. The van der Waals surface area contributed by atoms with Crippen LogP contribution in [0.25, 0.3) is 0 Å². The Morgan fingerprint density at radius 1 is 1.67 bits per heavy atom. The number of carbonyl (C=O) groups excluding carboxylic acids is 1. The summed E-state index contributed by atoms with van der Waals surface area (Å²) in [4.78, 5) is 11.5. The van der Waals surface area contributed by atoms with Gasteiger partial charge in [0, 0.05) is 11.6 Å². The molecule has 1 aliphatic heterocycles.